The van der Waals surface area contributed by atoms with Crippen LogP contribution < -0.4 is 20.9 Å². The highest BCUT2D eigenvalue weighted by Crippen LogP contribution is 2.21. The van der Waals surface area contributed by atoms with Gasteiger partial charge in [-0.1, -0.05) is 34.8 Å². The van der Waals surface area contributed by atoms with Gasteiger partial charge in [0.2, 0.25) is 0 Å². The Morgan fingerprint density at radius 2 is 1.67 bits per heavy atom. The number of aryl methyl sites for hydroxylation is 1. The van der Waals surface area contributed by atoms with Crippen molar-refractivity contribution in [2.24, 2.45) is 0 Å². The van der Waals surface area contributed by atoms with Crippen LogP contribution in [0.25, 0.3) is 0 Å². The Kier molecular flexibility index (Phi) is 7.67. The van der Waals surface area contributed by atoms with Gasteiger partial charge in [0.25, 0.3) is 11.8 Å². The van der Waals surface area contributed by atoms with Crippen molar-refractivity contribution in [1.82, 2.24) is 16.2 Å². The molecule has 2 amide bonds. The molecule has 0 radical (unpaired) electrons. The predicted molar refractivity (Wildman–Crippen MR) is 109 cm³/mol. The molecular weight excluding hydrogens is 433 g/mol. The Bertz CT molecular complexity index is 873. The fraction of sp³-hybridized carbons (Fsp3) is 0.118. The summed E-state index contributed by atoms with van der Waals surface area (Å²) in [4.78, 5) is 23.9. The molecule has 142 valence electrons. The van der Waals surface area contributed by atoms with Crippen LogP contribution in [-0.2, 0) is 4.79 Å². The van der Waals surface area contributed by atoms with Crippen molar-refractivity contribution in [2.75, 3.05) is 6.61 Å². The smallest absolute Gasteiger partial charge is 0.276 e. The SMILES string of the molecule is Cc1cc(Cl)ccc1OCC(=O)NNC(=S)NC(=O)c1cc(Cl)cc(Cl)c1. The summed E-state index contributed by atoms with van der Waals surface area (Å²) in [6.45, 7) is 1.56. The highest BCUT2D eigenvalue weighted by atomic mass is 35.5. The summed E-state index contributed by atoms with van der Waals surface area (Å²) in [5, 5.41) is 3.49. The first-order chi connectivity index (χ1) is 12.7. The number of nitrogens with one attached hydrogen (secondary N) is 3. The summed E-state index contributed by atoms with van der Waals surface area (Å²) in [5.41, 5.74) is 5.74. The quantitative estimate of drug-likeness (QED) is 0.493. The number of ether oxygens (including phenoxy) is 1. The number of amides is 2. The van der Waals surface area contributed by atoms with Crippen LogP contribution in [-0.4, -0.2) is 23.5 Å². The molecule has 0 aliphatic heterocycles. The Labute approximate surface area is 176 Å². The zero-order valence-corrected chi connectivity index (χ0v) is 17.0. The third-order valence-electron chi connectivity index (χ3n) is 3.16. The second-order valence-electron chi connectivity index (χ2n) is 5.31. The van der Waals surface area contributed by atoms with E-state index in [0.717, 1.165) is 5.56 Å². The normalized spacial score (nSPS) is 10.1. The van der Waals surface area contributed by atoms with Crippen LogP contribution in [0.3, 0.4) is 0 Å². The summed E-state index contributed by atoms with van der Waals surface area (Å²) in [5.74, 6) is -0.491. The van der Waals surface area contributed by atoms with Crippen LogP contribution >= 0.6 is 47.0 Å². The number of thiocarbonyl (C=S) groups is 1. The molecule has 0 saturated heterocycles. The van der Waals surface area contributed by atoms with Crippen molar-refractivity contribution >= 4 is 63.9 Å². The highest BCUT2D eigenvalue weighted by Gasteiger charge is 2.11. The molecule has 0 heterocycles. The van der Waals surface area contributed by atoms with Crippen LogP contribution in [0.4, 0.5) is 0 Å². The molecule has 6 nitrogen and oxygen atoms in total. The molecule has 0 aliphatic carbocycles. The summed E-state index contributed by atoms with van der Waals surface area (Å²) >= 11 is 22.5. The second kappa shape index (κ2) is 9.75. The molecule has 2 aromatic rings. The number of halogens is 3. The van der Waals surface area contributed by atoms with E-state index in [-0.39, 0.29) is 17.3 Å². The van der Waals surface area contributed by atoms with Crippen molar-refractivity contribution in [2.45, 2.75) is 6.92 Å². The van der Waals surface area contributed by atoms with Gasteiger partial charge in [-0.3, -0.25) is 25.8 Å². The molecule has 10 heteroatoms. The van der Waals surface area contributed by atoms with Gasteiger partial charge in [-0.25, -0.2) is 0 Å². The maximum atomic E-state index is 12.1. The minimum atomic E-state index is -0.529. The monoisotopic (exact) mass is 445 g/mol. The summed E-state index contributed by atoms with van der Waals surface area (Å²) in [7, 11) is 0. The summed E-state index contributed by atoms with van der Waals surface area (Å²) in [6, 6.07) is 9.42. The van der Waals surface area contributed by atoms with Crippen LogP contribution in [0.2, 0.25) is 15.1 Å². The van der Waals surface area contributed by atoms with Gasteiger partial charge in [0.1, 0.15) is 5.75 Å². The van der Waals surface area contributed by atoms with E-state index in [4.69, 9.17) is 51.8 Å². The first-order valence-corrected chi connectivity index (χ1v) is 9.04. The average molecular weight is 447 g/mol. The average Bonchev–Trinajstić information content (AvgIpc) is 2.58. The topological polar surface area (TPSA) is 79.5 Å². The molecule has 2 aromatic carbocycles. The van der Waals surface area contributed by atoms with Crippen LogP contribution in [0.15, 0.2) is 36.4 Å². The van der Waals surface area contributed by atoms with Gasteiger partial charge in [-0.2, -0.15) is 0 Å². The molecule has 2 rings (SSSR count). The van der Waals surface area contributed by atoms with Crippen LogP contribution in [0, 0.1) is 6.92 Å². The number of rotatable bonds is 4. The highest BCUT2D eigenvalue weighted by molar-refractivity contribution is 7.80. The molecule has 0 unspecified atom stereocenters. The molecule has 3 N–H and O–H groups in total. The molecule has 0 aromatic heterocycles. The van der Waals surface area contributed by atoms with Crippen LogP contribution in [0.5, 0.6) is 5.75 Å². The van der Waals surface area contributed by atoms with Crippen molar-refractivity contribution in [3.8, 4) is 5.75 Å². The minimum absolute atomic E-state index is 0.105. The molecular formula is C17H14Cl3N3O3S. The standard InChI is InChI=1S/C17H14Cl3N3O3S/c1-9-4-11(18)2-3-14(9)26-8-15(24)22-23-17(27)21-16(25)10-5-12(19)7-13(20)6-10/h2-7H,8H2,1H3,(H,22,24)(H2,21,23,25,27). The van der Waals surface area contributed by atoms with Gasteiger partial charge in [-0.05, 0) is 61.1 Å². The number of carbonyl (C=O) groups is 2. The van der Waals surface area contributed by atoms with E-state index in [1.54, 1.807) is 18.2 Å². The predicted octanol–water partition coefficient (Wildman–Crippen LogP) is 3.67. The second-order valence-corrected chi connectivity index (χ2v) is 7.03. The van der Waals surface area contributed by atoms with Crippen molar-refractivity contribution in [1.29, 1.82) is 0 Å². The zero-order valence-electron chi connectivity index (χ0n) is 13.9. The van der Waals surface area contributed by atoms with Gasteiger partial charge >= 0.3 is 0 Å². The number of benzene rings is 2. The largest absolute Gasteiger partial charge is 0.483 e. The molecule has 27 heavy (non-hydrogen) atoms. The Balaban J connectivity index is 1.79. The van der Waals surface area contributed by atoms with E-state index >= 15 is 0 Å². The van der Waals surface area contributed by atoms with E-state index in [1.165, 1.54) is 18.2 Å². The number of hydrazine groups is 1. The lowest BCUT2D eigenvalue weighted by Gasteiger charge is -2.12. The molecule has 0 bridgehead atoms. The number of hydrogen-bond donors (Lipinski definition) is 3. The third kappa shape index (κ3) is 6.88. The van der Waals surface area contributed by atoms with Gasteiger partial charge in [0, 0.05) is 20.6 Å². The lowest BCUT2D eigenvalue weighted by molar-refractivity contribution is -0.123. The number of carbonyl (C=O) groups excluding carboxylic acids is 2. The van der Waals surface area contributed by atoms with Gasteiger partial charge in [-0.15, -0.1) is 0 Å². The lowest BCUT2D eigenvalue weighted by atomic mass is 10.2. The van der Waals surface area contributed by atoms with E-state index in [0.29, 0.717) is 20.8 Å². The first-order valence-electron chi connectivity index (χ1n) is 7.50. The van der Waals surface area contributed by atoms with E-state index < -0.39 is 11.8 Å². The molecule has 0 fully saturated rings. The number of hydrogen-bond acceptors (Lipinski definition) is 4. The zero-order chi connectivity index (χ0) is 20.0. The maximum absolute atomic E-state index is 12.1. The fourth-order valence-corrected chi connectivity index (χ4v) is 2.87. The minimum Gasteiger partial charge on any atom is -0.483 e. The van der Waals surface area contributed by atoms with Gasteiger partial charge in [0.05, 0.1) is 0 Å². The molecule has 0 saturated carbocycles. The lowest BCUT2D eigenvalue weighted by Crippen LogP contribution is -2.49. The van der Waals surface area contributed by atoms with Crippen molar-refractivity contribution in [3.05, 3.63) is 62.6 Å². The van der Waals surface area contributed by atoms with Gasteiger partial charge in [0.15, 0.2) is 11.7 Å². The third-order valence-corrected chi connectivity index (χ3v) is 4.04. The van der Waals surface area contributed by atoms with E-state index in [9.17, 15) is 9.59 Å². The molecule has 0 spiro atoms. The van der Waals surface area contributed by atoms with Gasteiger partial charge < -0.3 is 4.74 Å². The summed E-state index contributed by atoms with van der Waals surface area (Å²) in [6.07, 6.45) is 0. The van der Waals surface area contributed by atoms with Crippen molar-refractivity contribution < 1.29 is 14.3 Å². The Morgan fingerprint density at radius 3 is 2.30 bits per heavy atom. The molecule has 0 atom stereocenters. The molecule has 0 aliphatic rings. The summed E-state index contributed by atoms with van der Waals surface area (Å²) < 4.78 is 5.39. The van der Waals surface area contributed by atoms with E-state index in [1.807, 2.05) is 6.92 Å². The fourth-order valence-electron chi connectivity index (χ4n) is 1.97. The maximum Gasteiger partial charge on any atom is 0.276 e. The Morgan fingerprint density at radius 1 is 1.00 bits per heavy atom. The van der Waals surface area contributed by atoms with E-state index in [2.05, 4.69) is 16.2 Å². The van der Waals surface area contributed by atoms with Crippen molar-refractivity contribution in [3.63, 3.8) is 0 Å². The Hall–Kier alpha value is -2.06. The first kappa shape index (κ1) is 21.2. The van der Waals surface area contributed by atoms with Crippen LogP contribution in [0.1, 0.15) is 15.9 Å².